The molecule has 0 atom stereocenters. The summed E-state index contributed by atoms with van der Waals surface area (Å²) in [5.74, 6) is 0. The van der Waals surface area contributed by atoms with Crippen molar-refractivity contribution in [3.63, 3.8) is 0 Å². The molecule has 0 amide bonds. The highest BCUT2D eigenvalue weighted by Crippen LogP contribution is 2.20. The molecule has 0 spiro atoms. The number of benzene rings is 1. The van der Waals surface area contributed by atoms with Gasteiger partial charge in [0.1, 0.15) is 0 Å². The second-order valence-electron chi connectivity index (χ2n) is 4.48. The van der Waals surface area contributed by atoms with Crippen LogP contribution in [0, 0.1) is 0 Å². The molecule has 7 heteroatoms. The fourth-order valence-electron chi connectivity index (χ4n) is 1.72. The monoisotopic (exact) mass is 414 g/mol. The van der Waals surface area contributed by atoms with Gasteiger partial charge in [0.25, 0.3) is 0 Å². The Labute approximate surface area is 128 Å². The molecular weight excluding hydrogens is 395 g/mol. The lowest BCUT2D eigenvalue weighted by atomic mass is 10.1. The summed E-state index contributed by atoms with van der Waals surface area (Å²) in [5, 5.41) is 0. The van der Waals surface area contributed by atoms with Crippen molar-refractivity contribution in [2.75, 3.05) is 14.2 Å². The first-order valence-electron chi connectivity index (χ1n) is 5.94. The van der Waals surface area contributed by atoms with Gasteiger partial charge in [-0.2, -0.15) is 0 Å². The summed E-state index contributed by atoms with van der Waals surface area (Å²) >= 11 is 1.45. The molecular formula is C12H19IO4SSi. The standard InChI is InChI=1S/C12H19IO4SSi/c1-16-19(3,17-2)10-4-5-11-6-8-12(9-7-11)18(13,14)15/h6-9H,4-5,10H2,1-3H3. The van der Waals surface area contributed by atoms with Gasteiger partial charge in [0.05, 0.1) is 26.1 Å². The summed E-state index contributed by atoms with van der Waals surface area (Å²) in [7, 11) is -1.74. The van der Waals surface area contributed by atoms with Gasteiger partial charge in [-0.25, -0.2) is 8.42 Å². The average Bonchev–Trinajstić information content (AvgIpc) is 2.38. The van der Waals surface area contributed by atoms with Crippen LogP contribution in [-0.2, 0) is 22.3 Å². The zero-order valence-electron chi connectivity index (χ0n) is 11.3. The number of aryl methyl sites for hydroxylation is 1. The molecule has 0 N–H and O–H groups in total. The van der Waals surface area contributed by atoms with E-state index in [1.165, 1.54) is 21.2 Å². The molecule has 1 aromatic carbocycles. The Morgan fingerprint density at radius 2 is 1.68 bits per heavy atom. The van der Waals surface area contributed by atoms with Crippen molar-refractivity contribution >= 4 is 36.8 Å². The van der Waals surface area contributed by atoms with E-state index in [4.69, 9.17) is 8.85 Å². The molecule has 0 fully saturated rings. The van der Waals surface area contributed by atoms with Gasteiger partial charge in [0.15, 0.2) is 0 Å². The maximum Gasteiger partial charge on any atom is 0.334 e. The molecule has 4 nitrogen and oxygen atoms in total. The van der Waals surface area contributed by atoms with Crippen LogP contribution in [-0.4, -0.2) is 31.2 Å². The minimum Gasteiger partial charge on any atom is -0.398 e. The Balaban J connectivity index is 2.56. The average molecular weight is 414 g/mol. The van der Waals surface area contributed by atoms with Crippen LogP contribution < -0.4 is 0 Å². The van der Waals surface area contributed by atoms with Gasteiger partial charge in [-0.3, -0.25) is 0 Å². The Hall–Kier alpha value is 0.0369. The van der Waals surface area contributed by atoms with Gasteiger partial charge < -0.3 is 8.85 Å². The van der Waals surface area contributed by atoms with Crippen molar-refractivity contribution in [2.45, 2.75) is 30.3 Å². The van der Waals surface area contributed by atoms with Gasteiger partial charge in [0, 0.05) is 14.2 Å². The summed E-state index contributed by atoms with van der Waals surface area (Å²) in [6.45, 7) is 2.04. The topological polar surface area (TPSA) is 52.6 Å². The first-order chi connectivity index (χ1) is 8.80. The molecule has 0 aliphatic rings. The second kappa shape index (κ2) is 7.16. The molecule has 0 aromatic heterocycles. The van der Waals surface area contributed by atoms with Crippen molar-refractivity contribution in [1.29, 1.82) is 0 Å². The van der Waals surface area contributed by atoms with E-state index in [-0.39, 0.29) is 0 Å². The van der Waals surface area contributed by atoms with E-state index in [2.05, 4.69) is 0 Å². The van der Waals surface area contributed by atoms with Crippen LogP contribution in [0.5, 0.6) is 0 Å². The van der Waals surface area contributed by atoms with Gasteiger partial charge in [0.2, 0.25) is 7.01 Å². The number of hydrogen-bond donors (Lipinski definition) is 0. The molecule has 1 aromatic rings. The number of hydrogen-bond acceptors (Lipinski definition) is 4. The van der Waals surface area contributed by atoms with E-state index in [0.717, 1.165) is 24.4 Å². The van der Waals surface area contributed by atoms with Crippen LogP contribution in [0.1, 0.15) is 12.0 Å². The quantitative estimate of drug-likeness (QED) is 0.391. The molecule has 0 saturated heterocycles. The molecule has 0 aliphatic carbocycles. The van der Waals surface area contributed by atoms with Gasteiger partial charge in [-0.1, -0.05) is 12.1 Å². The van der Waals surface area contributed by atoms with Crippen molar-refractivity contribution in [2.24, 2.45) is 0 Å². The zero-order chi connectivity index (χ0) is 14.5. The molecule has 108 valence electrons. The van der Waals surface area contributed by atoms with Crippen molar-refractivity contribution in [3.05, 3.63) is 29.8 Å². The number of halogens is 1. The fraction of sp³-hybridized carbons (Fsp3) is 0.500. The van der Waals surface area contributed by atoms with Crippen LogP contribution >= 0.6 is 21.2 Å². The zero-order valence-corrected chi connectivity index (χ0v) is 15.3. The van der Waals surface area contributed by atoms with Crippen LogP contribution in [0.25, 0.3) is 0 Å². The van der Waals surface area contributed by atoms with Crippen molar-refractivity contribution in [1.82, 2.24) is 0 Å². The van der Waals surface area contributed by atoms with Crippen LogP contribution in [0.15, 0.2) is 29.2 Å². The van der Waals surface area contributed by atoms with Crippen LogP contribution in [0.4, 0.5) is 0 Å². The Morgan fingerprint density at radius 1 is 1.16 bits per heavy atom. The number of rotatable bonds is 7. The second-order valence-corrected chi connectivity index (χ2v) is 12.9. The van der Waals surface area contributed by atoms with E-state index in [9.17, 15) is 8.42 Å². The first kappa shape index (κ1) is 17.1. The van der Waals surface area contributed by atoms with Crippen molar-refractivity contribution < 1.29 is 17.3 Å². The predicted octanol–water partition coefficient (Wildman–Crippen LogP) is 3.11. The molecule has 0 unspecified atom stereocenters. The summed E-state index contributed by atoms with van der Waals surface area (Å²) in [6, 6.07) is 7.96. The Morgan fingerprint density at radius 3 is 2.11 bits per heavy atom. The smallest absolute Gasteiger partial charge is 0.334 e. The highest BCUT2D eigenvalue weighted by atomic mass is 127. The molecule has 19 heavy (non-hydrogen) atoms. The van der Waals surface area contributed by atoms with Crippen LogP contribution in [0.3, 0.4) is 0 Å². The van der Waals surface area contributed by atoms with Gasteiger partial charge in [-0.05, 0) is 43.1 Å². The highest BCUT2D eigenvalue weighted by Gasteiger charge is 2.27. The molecule has 0 heterocycles. The summed E-state index contributed by atoms with van der Waals surface area (Å²) in [6.07, 6.45) is 1.87. The third-order valence-electron chi connectivity index (χ3n) is 3.16. The molecule has 1 rings (SSSR count). The minimum atomic E-state index is -3.13. The maximum absolute atomic E-state index is 11.3. The first-order valence-corrected chi connectivity index (χ1v) is 12.5. The van der Waals surface area contributed by atoms with E-state index in [1.54, 1.807) is 26.4 Å². The van der Waals surface area contributed by atoms with Crippen LogP contribution in [0.2, 0.25) is 12.6 Å². The Kier molecular flexibility index (Phi) is 6.44. The van der Waals surface area contributed by atoms with E-state index in [1.807, 2.05) is 18.7 Å². The Bertz CT molecular complexity index is 497. The van der Waals surface area contributed by atoms with Crippen molar-refractivity contribution in [3.8, 4) is 0 Å². The molecule has 0 saturated carbocycles. The predicted molar refractivity (Wildman–Crippen MR) is 86.4 cm³/mol. The third-order valence-corrected chi connectivity index (χ3v) is 8.51. The van der Waals surface area contributed by atoms with E-state index >= 15 is 0 Å². The van der Waals surface area contributed by atoms with E-state index in [0.29, 0.717) is 4.90 Å². The lowest BCUT2D eigenvalue weighted by Crippen LogP contribution is -2.35. The minimum absolute atomic E-state index is 0.352. The SMILES string of the molecule is CO[Si](C)(CCCc1ccc(S(=O)(=O)I)cc1)OC. The third kappa shape index (κ3) is 5.50. The van der Waals surface area contributed by atoms with Gasteiger partial charge in [-0.15, -0.1) is 0 Å². The van der Waals surface area contributed by atoms with E-state index < -0.39 is 15.6 Å². The lowest BCUT2D eigenvalue weighted by Gasteiger charge is -2.22. The molecule has 0 bridgehead atoms. The fourth-order valence-corrected chi connectivity index (χ4v) is 4.46. The summed E-state index contributed by atoms with van der Waals surface area (Å²) < 4.78 is 33.5. The molecule has 0 radical (unpaired) electrons. The summed E-state index contributed by atoms with van der Waals surface area (Å²) in [5.41, 5.74) is 1.13. The highest BCUT2D eigenvalue weighted by molar-refractivity contribution is 14.2. The lowest BCUT2D eigenvalue weighted by molar-refractivity contribution is 0.248. The molecule has 0 aliphatic heterocycles. The largest absolute Gasteiger partial charge is 0.398 e. The maximum atomic E-state index is 11.3. The normalized spacial score (nSPS) is 12.6. The summed E-state index contributed by atoms with van der Waals surface area (Å²) in [4.78, 5) is 0.352. The van der Waals surface area contributed by atoms with Gasteiger partial charge >= 0.3 is 8.56 Å².